The van der Waals surface area contributed by atoms with Gasteiger partial charge in [-0.1, -0.05) is 219 Å². The normalized spacial score (nSPS) is 23.7. The Morgan fingerprint density at radius 2 is 0.810 bits per heavy atom. The molecule has 0 aliphatic heterocycles. The summed E-state index contributed by atoms with van der Waals surface area (Å²) in [4.78, 5) is 14.4. The van der Waals surface area contributed by atoms with Crippen LogP contribution in [0.25, 0.3) is 0 Å². The Bertz CT molecular complexity index is 1120. The lowest BCUT2D eigenvalue weighted by atomic mass is 9.85. The fourth-order valence-corrected chi connectivity index (χ4v) is 9.43. The Kier molecular flexibility index (Phi) is 36.6. The van der Waals surface area contributed by atoms with Gasteiger partial charge in [-0.3, -0.25) is 14.0 Å². The van der Waals surface area contributed by atoms with Crippen molar-refractivity contribution in [1.82, 2.24) is 0 Å². The zero-order valence-corrected chi connectivity index (χ0v) is 40.5. The van der Waals surface area contributed by atoms with Crippen LogP contribution in [0.15, 0.2) is 4.99 Å². The van der Waals surface area contributed by atoms with Gasteiger partial charge in [0.05, 0.1) is 18.8 Å². The van der Waals surface area contributed by atoms with Crippen LogP contribution in [0.5, 0.6) is 0 Å². The molecule has 63 heavy (non-hydrogen) atoms. The van der Waals surface area contributed by atoms with Crippen LogP contribution in [0.2, 0.25) is 0 Å². The molecule has 14 nitrogen and oxygen atoms in total. The summed E-state index contributed by atoms with van der Waals surface area (Å²) >= 11 is 0. The maximum Gasteiger partial charge on any atom is 0.472 e. The highest BCUT2D eigenvalue weighted by molar-refractivity contribution is 7.47. The summed E-state index contributed by atoms with van der Waals surface area (Å²) in [5, 5.41) is 96.0. The summed E-state index contributed by atoms with van der Waals surface area (Å²) in [7, 11) is -5.25. The fraction of sp³-hybridized carbons (Fsp3) is 0.979. The summed E-state index contributed by atoms with van der Waals surface area (Å²) in [6, 6.07) is -1.60. The zero-order chi connectivity index (χ0) is 46.7. The standard InChI is InChI=1S/C48H96NO13P/c1-3-5-7-9-11-13-15-17-18-19-20-21-22-23-24-26-28-30-32-34-36-40(51)48(58)49-38(37-61-63(59,60)62-47-45(56)43(54)42(53)44(55)46(47)57)41(52)39(50)35-33-31-29-27-25-16-14-12-10-8-6-4-2/h38-47,50-57H,3-37H2,1-2H3,(H,49,58)(H,59,60)/p-1/t38-,39-,40-,41-,42?,43-,44+,45+,46+,47?/m0/s1. The van der Waals surface area contributed by atoms with E-state index < -0.39 is 81.3 Å². The zero-order valence-electron chi connectivity index (χ0n) is 39.6. The molecule has 15 heteroatoms. The van der Waals surface area contributed by atoms with Crippen LogP contribution in [0.1, 0.15) is 232 Å². The lowest BCUT2D eigenvalue weighted by Gasteiger charge is -2.41. The Hall–Kier alpha value is -0.740. The van der Waals surface area contributed by atoms with Gasteiger partial charge in [0.15, 0.2) is 0 Å². The molecule has 0 aromatic heterocycles. The van der Waals surface area contributed by atoms with Crippen molar-refractivity contribution in [2.45, 2.75) is 293 Å². The van der Waals surface area contributed by atoms with Gasteiger partial charge in [-0.25, -0.2) is 4.57 Å². The molecule has 1 rings (SSSR count). The molecule has 0 spiro atoms. The number of phosphoric ester groups is 1. The Balaban J connectivity index is 2.54. The van der Waals surface area contributed by atoms with E-state index in [1.165, 1.54) is 141 Å². The van der Waals surface area contributed by atoms with Crippen molar-refractivity contribution in [2.24, 2.45) is 4.99 Å². The van der Waals surface area contributed by atoms with Gasteiger partial charge in [0.25, 0.3) is 0 Å². The molecule has 0 radical (unpaired) electrons. The first-order valence-electron chi connectivity index (χ1n) is 25.6. The largest absolute Gasteiger partial charge is 0.860 e. The summed E-state index contributed by atoms with van der Waals surface area (Å²) in [6.07, 6.45) is 21.4. The van der Waals surface area contributed by atoms with Gasteiger partial charge in [-0.2, -0.15) is 0 Å². The van der Waals surface area contributed by atoms with Crippen molar-refractivity contribution in [3.05, 3.63) is 0 Å². The molecule has 1 fully saturated rings. The SMILES string of the molecule is CCCCCCCCCCCCCCCCCCCCCC[C@H](O)C([O-])=N[C@@H](COP(=O)(O)OC1[C@H](O)[C@H](O)C(O)[C@H](O)[C@H]1O)[C@H](O)[C@@H](O)CCCCCCCCCCCCCC. The molecule has 0 aromatic carbocycles. The fourth-order valence-electron chi connectivity index (χ4n) is 8.48. The number of phosphoric acid groups is 1. The van der Waals surface area contributed by atoms with Crippen molar-refractivity contribution >= 4 is 13.7 Å². The molecular weight excluding hydrogens is 829 g/mol. The van der Waals surface area contributed by atoms with Gasteiger partial charge in [0.2, 0.25) is 0 Å². The molecule has 1 saturated carbocycles. The lowest BCUT2D eigenvalue weighted by molar-refractivity contribution is -0.229. The lowest BCUT2D eigenvalue weighted by Crippen LogP contribution is -2.64. The van der Waals surface area contributed by atoms with E-state index in [1.807, 2.05) is 0 Å². The van der Waals surface area contributed by atoms with Crippen LogP contribution in [-0.2, 0) is 13.6 Å². The molecule has 376 valence electrons. The van der Waals surface area contributed by atoms with Gasteiger partial charge in [-0.05, 0) is 18.7 Å². The third kappa shape index (κ3) is 28.9. The second-order valence-corrected chi connectivity index (χ2v) is 20.0. The van der Waals surface area contributed by atoms with Crippen LogP contribution in [0, 0.1) is 0 Å². The van der Waals surface area contributed by atoms with E-state index in [2.05, 4.69) is 18.8 Å². The maximum atomic E-state index is 13.0. The molecule has 0 amide bonds. The van der Waals surface area contributed by atoms with Crippen LogP contribution in [0.3, 0.4) is 0 Å². The highest BCUT2D eigenvalue weighted by Crippen LogP contribution is 2.47. The number of hydrogen-bond donors (Lipinski definition) is 9. The number of nitrogens with zero attached hydrogens (tertiary/aromatic N) is 1. The van der Waals surface area contributed by atoms with E-state index in [9.17, 15) is 55.4 Å². The van der Waals surface area contributed by atoms with Gasteiger partial charge >= 0.3 is 7.82 Å². The highest BCUT2D eigenvalue weighted by atomic mass is 31.2. The second kappa shape index (κ2) is 38.3. The van der Waals surface area contributed by atoms with Crippen LogP contribution in [-0.4, -0.2) is 119 Å². The Morgan fingerprint density at radius 1 is 0.508 bits per heavy atom. The Morgan fingerprint density at radius 3 is 1.16 bits per heavy atom. The summed E-state index contributed by atoms with van der Waals surface area (Å²) in [5.41, 5.74) is 0. The van der Waals surface area contributed by atoms with E-state index >= 15 is 0 Å². The molecular formula is C48H95NO13P-. The quantitative estimate of drug-likeness (QED) is 0.0123. The second-order valence-electron chi connectivity index (χ2n) is 18.6. The van der Waals surface area contributed by atoms with Crippen molar-refractivity contribution in [1.29, 1.82) is 0 Å². The molecule has 0 bridgehead atoms. The number of rotatable bonds is 43. The smallest absolute Gasteiger partial charge is 0.472 e. The first-order chi connectivity index (χ1) is 30.3. The number of hydrogen-bond acceptors (Lipinski definition) is 13. The minimum atomic E-state index is -5.25. The van der Waals surface area contributed by atoms with Crippen LogP contribution < -0.4 is 5.11 Å². The first-order valence-corrected chi connectivity index (χ1v) is 27.1. The Labute approximate surface area is 382 Å². The summed E-state index contributed by atoms with van der Waals surface area (Å²) in [6.45, 7) is 3.53. The van der Waals surface area contributed by atoms with Gasteiger partial charge in [-0.15, -0.1) is 0 Å². The monoisotopic (exact) mass is 925 g/mol. The van der Waals surface area contributed by atoms with Crippen molar-refractivity contribution in [3.63, 3.8) is 0 Å². The summed E-state index contributed by atoms with van der Waals surface area (Å²) < 4.78 is 22.8. The van der Waals surface area contributed by atoms with Crippen molar-refractivity contribution < 1.29 is 64.5 Å². The average Bonchev–Trinajstić information content (AvgIpc) is 3.27. The average molecular weight is 925 g/mol. The minimum Gasteiger partial charge on any atom is -0.860 e. The third-order valence-electron chi connectivity index (χ3n) is 12.8. The molecule has 1 aliphatic carbocycles. The molecule has 0 aromatic rings. The first kappa shape index (κ1) is 60.3. The highest BCUT2D eigenvalue weighted by Gasteiger charge is 2.51. The number of aliphatic imine (C=N–C) groups is 1. The molecule has 0 saturated heterocycles. The van der Waals surface area contributed by atoms with E-state index in [1.54, 1.807) is 0 Å². The predicted octanol–water partition coefficient (Wildman–Crippen LogP) is 7.82. The number of unbranched alkanes of at least 4 members (excludes halogenated alkanes) is 30. The molecule has 9 N–H and O–H groups in total. The molecule has 11 atom stereocenters. The van der Waals surface area contributed by atoms with Crippen molar-refractivity contribution in [2.75, 3.05) is 6.61 Å². The van der Waals surface area contributed by atoms with Crippen LogP contribution in [0.4, 0.5) is 0 Å². The van der Waals surface area contributed by atoms with Crippen LogP contribution >= 0.6 is 7.82 Å². The van der Waals surface area contributed by atoms with E-state index in [4.69, 9.17) is 9.05 Å². The minimum absolute atomic E-state index is 0.127. The van der Waals surface area contributed by atoms with Crippen molar-refractivity contribution in [3.8, 4) is 0 Å². The topological polar surface area (TPSA) is 253 Å². The van der Waals surface area contributed by atoms with Gasteiger partial charge in [0, 0.05) is 0 Å². The predicted molar refractivity (Wildman–Crippen MR) is 248 cm³/mol. The van der Waals surface area contributed by atoms with E-state index in [0.29, 0.717) is 12.8 Å². The van der Waals surface area contributed by atoms with Gasteiger partial charge < -0.3 is 50.9 Å². The van der Waals surface area contributed by atoms with E-state index in [-0.39, 0.29) is 12.8 Å². The third-order valence-corrected chi connectivity index (χ3v) is 13.8. The maximum absolute atomic E-state index is 13.0. The van der Waals surface area contributed by atoms with Gasteiger partial charge in [0.1, 0.15) is 48.8 Å². The molecule has 3 unspecified atom stereocenters. The number of aliphatic hydroxyl groups excluding tert-OH is 8. The van der Waals surface area contributed by atoms with E-state index in [0.717, 1.165) is 51.4 Å². The molecule has 1 aliphatic rings. The molecule has 0 heterocycles. The number of aliphatic hydroxyl groups is 8. The summed E-state index contributed by atoms with van der Waals surface area (Å²) in [5.74, 6) is -0.981.